The molecule has 0 amide bonds. The molecule has 1 saturated heterocycles. The number of nitrogens with zero attached hydrogens (tertiary/aromatic N) is 1. The van der Waals surface area contributed by atoms with Crippen LogP contribution in [-0.4, -0.2) is 56.4 Å². The zero-order valence-corrected chi connectivity index (χ0v) is 15.2. The van der Waals surface area contributed by atoms with Crippen molar-refractivity contribution in [2.24, 2.45) is 5.41 Å². The monoisotopic (exact) mass is 347 g/mol. The zero-order valence-electron chi connectivity index (χ0n) is 15.2. The summed E-state index contributed by atoms with van der Waals surface area (Å²) in [6.07, 6.45) is 7.25. The van der Waals surface area contributed by atoms with Gasteiger partial charge in [-0.2, -0.15) is 0 Å². The van der Waals surface area contributed by atoms with Gasteiger partial charge < -0.3 is 14.6 Å². The van der Waals surface area contributed by atoms with Crippen LogP contribution in [0.25, 0.3) is 6.08 Å². The highest BCUT2D eigenvalue weighted by molar-refractivity contribution is 5.75. The van der Waals surface area contributed by atoms with E-state index in [0.29, 0.717) is 19.6 Å². The second-order valence-electron chi connectivity index (χ2n) is 6.66. The number of hydrogen-bond donors (Lipinski definition) is 1. The van der Waals surface area contributed by atoms with Gasteiger partial charge >= 0.3 is 5.97 Å². The second-order valence-corrected chi connectivity index (χ2v) is 6.66. The van der Waals surface area contributed by atoms with Gasteiger partial charge in [0.25, 0.3) is 0 Å². The summed E-state index contributed by atoms with van der Waals surface area (Å²) in [7, 11) is 3.32. The topological polar surface area (TPSA) is 59.0 Å². The molecule has 5 heteroatoms. The minimum Gasteiger partial charge on any atom is -0.496 e. The van der Waals surface area contributed by atoms with Crippen LogP contribution in [0.3, 0.4) is 0 Å². The van der Waals surface area contributed by atoms with Crippen LogP contribution in [0.4, 0.5) is 0 Å². The first-order chi connectivity index (χ1) is 12.1. The lowest BCUT2D eigenvalue weighted by atomic mass is 9.76. The quantitative estimate of drug-likeness (QED) is 0.695. The Bertz CT molecular complexity index is 587. The van der Waals surface area contributed by atoms with Crippen LogP contribution in [0, 0.1) is 5.41 Å². The van der Waals surface area contributed by atoms with Gasteiger partial charge in [-0.1, -0.05) is 30.4 Å². The maximum atomic E-state index is 11.9. The van der Waals surface area contributed by atoms with Crippen molar-refractivity contribution in [1.29, 1.82) is 0 Å². The minimum atomic E-state index is -0.679. The lowest BCUT2D eigenvalue weighted by molar-refractivity contribution is -0.153. The molecule has 1 aromatic rings. The Morgan fingerprint density at radius 3 is 2.88 bits per heavy atom. The van der Waals surface area contributed by atoms with Gasteiger partial charge in [-0.25, -0.2) is 0 Å². The summed E-state index contributed by atoms with van der Waals surface area (Å²) in [4.78, 5) is 14.1. The number of ether oxygens (including phenoxy) is 2. The fourth-order valence-electron chi connectivity index (χ4n) is 3.56. The highest BCUT2D eigenvalue weighted by Crippen LogP contribution is 2.35. The molecule has 1 fully saturated rings. The maximum Gasteiger partial charge on any atom is 0.310 e. The van der Waals surface area contributed by atoms with Crippen molar-refractivity contribution in [3.05, 3.63) is 35.9 Å². The van der Waals surface area contributed by atoms with Crippen molar-refractivity contribution in [1.82, 2.24) is 4.90 Å². The molecule has 0 bridgehead atoms. The fourth-order valence-corrected chi connectivity index (χ4v) is 3.56. The van der Waals surface area contributed by atoms with E-state index in [2.05, 4.69) is 11.0 Å². The van der Waals surface area contributed by atoms with Crippen molar-refractivity contribution in [2.75, 3.05) is 40.5 Å². The van der Waals surface area contributed by atoms with Gasteiger partial charge in [0.15, 0.2) is 0 Å². The predicted octanol–water partition coefficient (Wildman–Crippen LogP) is 3.30. The number of para-hydroxylation sites is 1. The van der Waals surface area contributed by atoms with Crippen LogP contribution < -0.4 is 4.74 Å². The third-order valence-corrected chi connectivity index (χ3v) is 4.91. The van der Waals surface area contributed by atoms with Crippen molar-refractivity contribution < 1.29 is 19.4 Å². The SMILES string of the molecule is COCCC[C@]1(C(=O)O)CCCN(C/C=C/c2ccccc2OC)C1. The second kappa shape index (κ2) is 9.59. The summed E-state index contributed by atoms with van der Waals surface area (Å²) < 4.78 is 10.4. The van der Waals surface area contributed by atoms with Crippen LogP contribution in [0.1, 0.15) is 31.2 Å². The first-order valence-corrected chi connectivity index (χ1v) is 8.85. The summed E-state index contributed by atoms with van der Waals surface area (Å²) >= 11 is 0. The third kappa shape index (κ3) is 5.31. The van der Waals surface area contributed by atoms with E-state index >= 15 is 0 Å². The summed E-state index contributed by atoms with van der Waals surface area (Å²) in [5, 5.41) is 9.78. The zero-order chi connectivity index (χ0) is 18.1. The Morgan fingerprint density at radius 2 is 2.16 bits per heavy atom. The molecule has 0 saturated carbocycles. The van der Waals surface area contributed by atoms with E-state index in [9.17, 15) is 9.90 Å². The number of piperidine rings is 1. The third-order valence-electron chi connectivity index (χ3n) is 4.91. The molecule has 1 aliphatic heterocycles. The summed E-state index contributed by atoms with van der Waals surface area (Å²) in [5.74, 6) is 0.166. The Hall–Kier alpha value is -1.85. The van der Waals surface area contributed by atoms with Gasteiger partial charge in [0.05, 0.1) is 12.5 Å². The number of carboxylic acids is 1. The van der Waals surface area contributed by atoms with E-state index in [1.54, 1.807) is 14.2 Å². The van der Waals surface area contributed by atoms with Crippen molar-refractivity contribution in [2.45, 2.75) is 25.7 Å². The van der Waals surface area contributed by atoms with Gasteiger partial charge in [-0.3, -0.25) is 9.69 Å². The Kier molecular flexibility index (Phi) is 7.47. The number of likely N-dealkylation sites (tertiary alicyclic amines) is 1. The molecule has 0 aliphatic carbocycles. The molecule has 2 rings (SSSR count). The van der Waals surface area contributed by atoms with Gasteiger partial charge in [-0.05, 0) is 38.3 Å². The van der Waals surface area contributed by atoms with E-state index in [1.807, 2.05) is 30.3 Å². The molecule has 0 spiro atoms. The Labute approximate surface area is 150 Å². The maximum absolute atomic E-state index is 11.9. The fraction of sp³-hybridized carbons (Fsp3) is 0.550. The molecule has 1 heterocycles. The van der Waals surface area contributed by atoms with Crippen LogP contribution in [-0.2, 0) is 9.53 Å². The predicted molar refractivity (Wildman–Crippen MR) is 98.9 cm³/mol. The first-order valence-electron chi connectivity index (χ1n) is 8.85. The highest BCUT2D eigenvalue weighted by atomic mass is 16.5. The van der Waals surface area contributed by atoms with Crippen LogP contribution in [0.2, 0.25) is 0 Å². The van der Waals surface area contributed by atoms with E-state index < -0.39 is 11.4 Å². The van der Waals surface area contributed by atoms with E-state index in [4.69, 9.17) is 9.47 Å². The van der Waals surface area contributed by atoms with Crippen molar-refractivity contribution in [3.8, 4) is 5.75 Å². The molecular formula is C20H29NO4. The number of carbonyl (C=O) groups is 1. The molecule has 1 aromatic carbocycles. The van der Waals surface area contributed by atoms with E-state index in [-0.39, 0.29) is 0 Å². The number of hydrogen-bond acceptors (Lipinski definition) is 4. The van der Waals surface area contributed by atoms with Crippen LogP contribution >= 0.6 is 0 Å². The van der Waals surface area contributed by atoms with Crippen molar-refractivity contribution >= 4 is 12.0 Å². The highest BCUT2D eigenvalue weighted by Gasteiger charge is 2.41. The van der Waals surface area contributed by atoms with E-state index in [1.165, 1.54) is 0 Å². The largest absolute Gasteiger partial charge is 0.496 e. The standard InChI is InChI=1S/C20H29NO4/c1-24-15-7-12-20(19(22)23)11-6-14-21(16-20)13-5-9-17-8-3-4-10-18(17)25-2/h3-5,8-10H,6-7,11-16H2,1-2H3,(H,22,23)/b9-5+/t20-/m1/s1. The average molecular weight is 347 g/mol. The number of aliphatic carboxylic acids is 1. The molecule has 5 nitrogen and oxygen atoms in total. The molecule has 1 atom stereocenters. The van der Waals surface area contributed by atoms with E-state index in [0.717, 1.165) is 43.7 Å². The van der Waals surface area contributed by atoms with Gasteiger partial charge in [0, 0.05) is 32.4 Å². The molecule has 0 unspecified atom stereocenters. The van der Waals surface area contributed by atoms with Gasteiger partial charge in [-0.15, -0.1) is 0 Å². The minimum absolute atomic E-state index is 0.600. The molecule has 0 aromatic heterocycles. The Balaban J connectivity index is 1.97. The molecule has 0 radical (unpaired) electrons. The van der Waals surface area contributed by atoms with Crippen LogP contribution in [0.5, 0.6) is 5.75 Å². The van der Waals surface area contributed by atoms with Crippen LogP contribution in [0.15, 0.2) is 30.3 Å². The number of benzene rings is 1. The molecule has 1 N–H and O–H groups in total. The molecular weight excluding hydrogens is 318 g/mol. The normalized spacial score (nSPS) is 21.5. The Morgan fingerprint density at radius 1 is 1.36 bits per heavy atom. The lowest BCUT2D eigenvalue weighted by Gasteiger charge is -2.39. The first kappa shape index (κ1) is 19.5. The number of carboxylic acid groups (broad SMARTS) is 1. The lowest BCUT2D eigenvalue weighted by Crippen LogP contribution is -2.48. The summed E-state index contributed by atoms with van der Waals surface area (Å²) in [6.45, 7) is 2.90. The summed E-state index contributed by atoms with van der Waals surface area (Å²) in [5.41, 5.74) is 0.390. The number of methoxy groups -OCH3 is 2. The number of rotatable bonds is 9. The average Bonchev–Trinajstić information content (AvgIpc) is 2.62. The van der Waals surface area contributed by atoms with Gasteiger partial charge in [0.2, 0.25) is 0 Å². The van der Waals surface area contributed by atoms with Crippen molar-refractivity contribution in [3.63, 3.8) is 0 Å². The molecule has 138 valence electrons. The smallest absolute Gasteiger partial charge is 0.310 e. The summed E-state index contributed by atoms with van der Waals surface area (Å²) in [6, 6.07) is 7.88. The molecule has 1 aliphatic rings. The van der Waals surface area contributed by atoms with Gasteiger partial charge in [0.1, 0.15) is 5.75 Å². The molecule has 25 heavy (non-hydrogen) atoms.